The molecule has 80 valence electrons. The van der Waals surface area contributed by atoms with Crippen LogP contribution in [0.3, 0.4) is 0 Å². The summed E-state index contributed by atoms with van der Waals surface area (Å²) in [4.78, 5) is 16.8. The lowest BCUT2D eigenvalue weighted by Gasteiger charge is -2.07. The fourth-order valence-electron chi connectivity index (χ4n) is 0.525. The van der Waals surface area contributed by atoms with E-state index in [0.717, 1.165) is 0 Å². The monoisotopic (exact) mass is 208 g/mol. The maximum atomic E-state index is 12.9. The molecular formula is C6H9FN2O5. The normalized spacial score (nSPS) is 11.9. The van der Waals surface area contributed by atoms with E-state index >= 15 is 0 Å². The first-order chi connectivity index (χ1) is 6.45. The number of nitrogens with zero attached hydrogens (tertiary/aromatic N) is 2. The van der Waals surface area contributed by atoms with Crippen molar-refractivity contribution in [3.05, 3.63) is 32.4 Å². The number of alkyl halides is 1. The van der Waals surface area contributed by atoms with Gasteiger partial charge in [0.1, 0.15) is 9.85 Å². The topological polar surface area (TPSA) is 95.5 Å². The molecule has 0 saturated carbocycles. The highest BCUT2D eigenvalue weighted by Gasteiger charge is 2.58. The van der Waals surface area contributed by atoms with Gasteiger partial charge >= 0.3 is 5.92 Å². The predicted molar refractivity (Wildman–Crippen MR) is 43.5 cm³/mol. The number of hydrogen-bond donors (Lipinski definition) is 0. The van der Waals surface area contributed by atoms with Crippen molar-refractivity contribution in [1.82, 2.24) is 0 Å². The van der Waals surface area contributed by atoms with Gasteiger partial charge in [-0.3, -0.25) is 20.2 Å². The second kappa shape index (κ2) is 5.22. The molecule has 0 bridgehead atoms. The van der Waals surface area contributed by atoms with Crippen molar-refractivity contribution in [2.24, 2.45) is 0 Å². The molecule has 8 heteroatoms. The molecule has 0 aliphatic carbocycles. The molecule has 7 nitrogen and oxygen atoms in total. The fraction of sp³-hybridized carbons (Fsp3) is 0.667. The first-order valence-corrected chi connectivity index (χ1v) is 3.62. The Morgan fingerprint density at radius 1 is 1.43 bits per heavy atom. The summed E-state index contributed by atoms with van der Waals surface area (Å²) in [7, 11) is 0. The fourth-order valence-corrected chi connectivity index (χ4v) is 0.525. The molecule has 0 N–H and O–H groups in total. The Hall–Kier alpha value is -1.57. The molecule has 0 aliphatic heterocycles. The summed E-state index contributed by atoms with van der Waals surface area (Å²) in [6.45, 7) is 0.342. The number of rotatable bonds is 6. The highest BCUT2D eigenvalue weighted by Crippen LogP contribution is 2.13. The predicted octanol–water partition coefficient (Wildman–Crippen LogP) is 0.756. The summed E-state index contributed by atoms with van der Waals surface area (Å²) in [5, 5.41) is 20.0. The van der Waals surface area contributed by atoms with E-state index in [2.05, 4.69) is 4.74 Å². The lowest BCUT2D eigenvalue weighted by molar-refractivity contribution is -0.833. The van der Waals surface area contributed by atoms with Crippen LogP contribution in [0.2, 0.25) is 0 Å². The molecular weight excluding hydrogens is 199 g/mol. The Morgan fingerprint density at radius 2 is 1.93 bits per heavy atom. The van der Waals surface area contributed by atoms with E-state index in [9.17, 15) is 24.6 Å². The van der Waals surface area contributed by atoms with Crippen molar-refractivity contribution in [1.29, 1.82) is 0 Å². The Morgan fingerprint density at radius 3 is 2.29 bits per heavy atom. The lowest BCUT2D eigenvalue weighted by atomic mass is 10.5. The molecule has 0 heterocycles. The minimum atomic E-state index is -3.76. The van der Waals surface area contributed by atoms with Crippen LogP contribution in [-0.2, 0) is 4.74 Å². The summed E-state index contributed by atoms with van der Waals surface area (Å²) in [6.07, 6.45) is 3.01. The second-order valence-corrected chi connectivity index (χ2v) is 2.32. The molecule has 0 spiro atoms. The molecule has 0 aromatic heterocycles. The number of allylic oxidation sites excluding steroid dienone is 1. The standard InChI is InChI=1S/C6H9FN2O5/c1-2-3-4-14-5-6(7,8(10)11)9(12)13/h2-3H,4-5H2,1H3. The van der Waals surface area contributed by atoms with E-state index in [1.54, 1.807) is 13.0 Å². The largest absolute Gasteiger partial charge is 0.637 e. The Labute approximate surface area is 78.5 Å². The summed E-state index contributed by atoms with van der Waals surface area (Å²) in [5.74, 6) is -3.76. The van der Waals surface area contributed by atoms with Gasteiger partial charge in [0.2, 0.25) is 6.61 Å². The third-order valence-corrected chi connectivity index (χ3v) is 1.30. The number of halogens is 1. The number of nitro groups is 2. The summed E-state index contributed by atoms with van der Waals surface area (Å²) >= 11 is 0. The van der Waals surface area contributed by atoms with Gasteiger partial charge in [-0.1, -0.05) is 16.5 Å². The van der Waals surface area contributed by atoms with E-state index < -0.39 is 22.4 Å². The van der Waals surface area contributed by atoms with Crippen molar-refractivity contribution in [3.8, 4) is 0 Å². The van der Waals surface area contributed by atoms with Gasteiger partial charge in [0.05, 0.1) is 6.61 Å². The zero-order valence-electron chi connectivity index (χ0n) is 7.38. The van der Waals surface area contributed by atoms with Crippen molar-refractivity contribution >= 4 is 0 Å². The number of hydrogen-bond acceptors (Lipinski definition) is 5. The van der Waals surface area contributed by atoms with Crippen LogP contribution in [0, 0.1) is 20.2 Å². The molecule has 0 amide bonds. The zero-order chi connectivity index (χ0) is 11.2. The van der Waals surface area contributed by atoms with Gasteiger partial charge in [-0.2, -0.15) is 0 Å². The van der Waals surface area contributed by atoms with Gasteiger partial charge in [0.25, 0.3) is 0 Å². The van der Waals surface area contributed by atoms with Crippen molar-refractivity contribution in [3.63, 3.8) is 0 Å². The van der Waals surface area contributed by atoms with Gasteiger partial charge in [-0.15, -0.1) is 0 Å². The van der Waals surface area contributed by atoms with Crippen molar-refractivity contribution in [2.75, 3.05) is 13.2 Å². The molecule has 0 aromatic carbocycles. The minimum absolute atomic E-state index is 0.107. The van der Waals surface area contributed by atoms with Crippen LogP contribution in [0.15, 0.2) is 12.2 Å². The molecule has 0 radical (unpaired) electrons. The SMILES string of the molecule is CC=CCOCC(F)([N+](=O)[O-])[N+](=O)[O-]. The Balaban J connectivity index is 4.25. The molecule has 14 heavy (non-hydrogen) atoms. The summed E-state index contributed by atoms with van der Waals surface area (Å²) in [6, 6.07) is 0. The molecule has 0 fully saturated rings. The van der Waals surface area contributed by atoms with Crippen LogP contribution in [-0.4, -0.2) is 29.0 Å². The van der Waals surface area contributed by atoms with Gasteiger partial charge in [0, 0.05) is 0 Å². The third kappa shape index (κ3) is 3.05. The highest BCUT2D eigenvalue weighted by molar-refractivity contribution is 4.76. The Kier molecular flexibility index (Phi) is 4.64. The smallest absolute Gasteiger partial charge is 0.359 e. The second-order valence-electron chi connectivity index (χ2n) is 2.32. The third-order valence-electron chi connectivity index (χ3n) is 1.30. The molecule has 0 aromatic rings. The van der Waals surface area contributed by atoms with Gasteiger partial charge in [-0.25, -0.2) is 0 Å². The van der Waals surface area contributed by atoms with Crippen LogP contribution in [0.5, 0.6) is 0 Å². The quantitative estimate of drug-likeness (QED) is 0.160. The molecule has 0 atom stereocenters. The molecule has 0 aliphatic rings. The van der Waals surface area contributed by atoms with Crippen molar-refractivity contribution in [2.45, 2.75) is 12.8 Å². The van der Waals surface area contributed by atoms with Crippen molar-refractivity contribution < 1.29 is 19.0 Å². The summed E-state index contributed by atoms with van der Waals surface area (Å²) < 4.78 is 17.3. The lowest BCUT2D eigenvalue weighted by Crippen LogP contribution is -2.46. The van der Waals surface area contributed by atoms with E-state index in [1.807, 2.05) is 0 Å². The minimum Gasteiger partial charge on any atom is -0.359 e. The Bertz CT molecular complexity index is 241. The van der Waals surface area contributed by atoms with Crippen LogP contribution >= 0.6 is 0 Å². The highest BCUT2D eigenvalue weighted by atomic mass is 19.2. The molecule has 0 unspecified atom stereocenters. The maximum Gasteiger partial charge on any atom is 0.637 e. The number of ether oxygens (including phenoxy) is 1. The average Bonchev–Trinajstić information content (AvgIpc) is 2.11. The average molecular weight is 208 g/mol. The molecule has 0 rings (SSSR count). The van der Waals surface area contributed by atoms with E-state index in [-0.39, 0.29) is 6.61 Å². The van der Waals surface area contributed by atoms with Gasteiger partial charge in [-0.05, 0) is 6.92 Å². The first-order valence-electron chi connectivity index (χ1n) is 3.62. The van der Waals surface area contributed by atoms with Gasteiger partial charge < -0.3 is 4.74 Å². The van der Waals surface area contributed by atoms with Gasteiger partial charge in [0.15, 0.2) is 0 Å². The van der Waals surface area contributed by atoms with E-state index in [4.69, 9.17) is 0 Å². The maximum absolute atomic E-state index is 12.9. The van der Waals surface area contributed by atoms with Crippen LogP contribution < -0.4 is 0 Å². The first kappa shape index (κ1) is 12.4. The van der Waals surface area contributed by atoms with Crippen LogP contribution in [0.25, 0.3) is 0 Å². The molecule has 0 saturated heterocycles. The van der Waals surface area contributed by atoms with E-state index in [1.165, 1.54) is 6.08 Å². The van der Waals surface area contributed by atoms with Crippen LogP contribution in [0.4, 0.5) is 4.39 Å². The van der Waals surface area contributed by atoms with Crippen LogP contribution in [0.1, 0.15) is 6.92 Å². The van der Waals surface area contributed by atoms with E-state index in [0.29, 0.717) is 0 Å². The summed E-state index contributed by atoms with van der Waals surface area (Å²) in [5.41, 5.74) is 0. The zero-order valence-corrected chi connectivity index (χ0v) is 7.38.